The third-order valence-electron chi connectivity index (χ3n) is 1.57. The first kappa shape index (κ1) is 10.9. The Morgan fingerprint density at radius 3 is 2.43 bits per heavy atom. The molecule has 0 N–H and O–H groups in total. The summed E-state index contributed by atoms with van der Waals surface area (Å²) in [5, 5.41) is 10.5. The molecule has 0 saturated heterocycles. The number of nitro groups is 1. The first-order chi connectivity index (χ1) is 6.32. The topological polar surface area (TPSA) is 77.3 Å². The normalized spacial score (nSPS) is 11.3. The van der Waals surface area contributed by atoms with Gasteiger partial charge in [0.25, 0.3) is 14.7 Å². The second kappa shape index (κ2) is 3.55. The fourth-order valence-corrected chi connectivity index (χ4v) is 2.06. The van der Waals surface area contributed by atoms with E-state index in [2.05, 4.69) is 0 Å². The fourth-order valence-electron chi connectivity index (χ4n) is 0.967. The fraction of sp³-hybridized carbons (Fsp3) is 0.143. The minimum absolute atomic E-state index is 0.468. The number of nitro benzene ring substituents is 1. The number of aryl methyl sites for hydroxylation is 1. The molecule has 1 aromatic carbocycles. The van der Waals surface area contributed by atoms with Crippen LogP contribution in [0.15, 0.2) is 23.1 Å². The summed E-state index contributed by atoms with van der Waals surface area (Å²) in [5.74, 6) is 0. The van der Waals surface area contributed by atoms with Crippen LogP contribution in [-0.2, 0) is 9.05 Å². The highest BCUT2D eigenvalue weighted by Crippen LogP contribution is 2.27. The van der Waals surface area contributed by atoms with Crippen molar-refractivity contribution in [3.63, 3.8) is 0 Å². The molecular formula is C7H6ClNO4S. The van der Waals surface area contributed by atoms with Gasteiger partial charge in [-0.3, -0.25) is 10.1 Å². The molecule has 0 radical (unpaired) electrons. The number of nitrogens with zero attached hydrogens (tertiary/aromatic N) is 1. The van der Waals surface area contributed by atoms with Crippen LogP contribution >= 0.6 is 10.7 Å². The summed E-state index contributed by atoms with van der Waals surface area (Å²) in [6.45, 7) is 1.62. The molecule has 1 aromatic rings. The summed E-state index contributed by atoms with van der Waals surface area (Å²) in [5.41, 5.74) is 0.0837. The zero-order valence-electron chi connectivity index (χ0n) is 7.10. The van der Waals surface area contributed by atoms with Crippen molar-refractivity contribution in [2.45, 2.75) is 11.8 Å². The maximum atomic E-state index is 11.0. The Kier molecular flexibility index (Phi) is 2.77. The van der Waals surface area contributed by atoms with Crippen LogP contribution in [0.3, 0.4) is 0 Å². The van der Waals surface area contributed by atoms with Crippen LogP contribution in [0.25, 0.3) is 0 Å². The first-order valence-electron chi connectivity index (χ1n) is 3.52. The highest BCUT2D eigenvalue weighted by Gasteiger charge is 2.23. The average Bonchev–Trinajstić information content (AvgIpc) is 2.01. The summed E-state index contributed by atoms with van der Waals surface area (Å²) in [4.78, 5) is 9.21. The number of hydrogen-bond donors (Lipinski definition) is 0. The summed E-state index contributed by atoms with van der Waals surface area (Å²) in [6.07, 6.45) is 0. The molecule has 0 atom stereocenters. The van der Waals surface area contributed by atoms with Gasteiger partial charge in [0.05, 0.1) is 4.92 Å². The number of benzene rings is 1. The number of halogens is 1. The van der Waals surface area contributed by atoms with E-state index in [4.69, 9.17) is 10.7 Å². The Balaban J connectivity index is 3.54. The standard InChI is InChI=1S/C7H6ClNO4S/c1-5-2-3-6(9(10)11)7(4-5)14(8,12)13/h2-4H,1H3. The largest absolute Gasteiger partial charge is 0.289 e. The predicted molar refractivity (Wildman–Crippen MR) is 50.9 cm³/mol. The van der Waals surface area contributed by atoms with E-state index in [-0.39, 0.29) is 0 Å². The first-order valence-corrected chi connectivity index (χ1v) is 5.83. The van der Waals surface area contributed by atoms with E-state index in [1.54, 1.807) is 6.92 Å². The van der Waals surface area contributed by atoms with E-state index >= 15 is 0 Å². The Bertz CT molecular complexity index is 482. The molecule has 0 aromatic heterocycles. The molecule has 1 rings (SSSR count). The van der Waals surface area contributed by atoms with Crippen molar-refractivity contribution in [1.82, 2.24) is 0 Å². The average molecular weight is 236 g/mol. The maximum absolute atomic E-state index is 11.0. The minimum Gasteiger partial charge on any atom is -0.258 e. The molecule has 0 aliphatic heterocycles. The van der Waals surface area contributed by atoms with Crippen molar-refractivity contribution < 1.29 is 13.3 Å². The monoisotopic (exact) mass is 235 g/mol. The summed E-state index contributed by atoms with van der Waals surface area (Å²) < 4.78 is 21.9. The SMILES string of the molecule is Cc1ccc([N+](=O)[O-])c(S(=O)(=O)Cl)c1. The lowest BCUT2D eigenvalue weighted by molar-refractivity contribution is -0.387. The Morgan fingerprint density at radius 2 is 2.00 bits per heavy atom. The zero-order valence-corrected chi connectivity index (χ0v) is 8.67. The van der Waals surface area contributed by atoms with Crippen LogP contribution in [0.4, 0.5) is 5.69 Å². The molecule has 0 heterocycles. The number of hydrogen-bond acceptors (Lipinski definition) is 4. The molecule has 0 aliphatic carbocycles. The highest BCUT2D eigenvalue weighted by atomic mass is 35.7. The minimum atomic E-state index is -4.07. The van der Waals surface area contributed by atoms with Crippen molar-refractivity contribution >= 4 is 25.4 Å². The van der Waals surface area contributed by atoms with E-state index in [1.165, 1.54) is 12.1 Å². The van der Waals surface area contributed by atoms with Gasteiger partial charge in [-0.05, 0) is 18.6 Å². The van der Waals surface area contributed by atoms with Crippen molar-refractivity contribution in [2.24, 2.45) is 0 Å². The Labute approximate surface area is 84.9 Å². The second-order valence-corrected chi connectivity index (χ2v) is 5.20. The van der Waals surface area contributed by atoms with E-state index in [9.17, 15) is 18.5 Å². The lowest BCUT2D eigenvalue weighted by Crippen LogP contribution is -1.99. The van der Waals surface area contributed by atoms with Crippen LogP contribution in [0, 0.1) is 17.0 Å². The van der Waals surface area contributed by atoms with Gasteiger partial charge in [0.2, 0.25) is 0 Å². The molecule has 14 heavy (non-hydrogen) atoms. The molecule has 76 valence electrons. The molecule has 5 nitrogen and oxygen atoms in total. The van der Waals surface area contributed by atoms with Crippen LogP contribution in [0.1, 0.15) is 5.56 Å². The van der Waals surface area contributed by atoms with Crippen molar-refractivity contribution in [3.8, 4) is 0 Å². The van der Waals surface area contributed by atoms with Crippen molar-refractivity contribution in [3.05, 3.63) is 33.9 Å². The second-order valence-electron chi connectivity index (χ2n) is 2.67. The van der Waals surface area contributed by atoms with E-state index in [0.717, 1.165) is 6.07 Å². The van der Waals surface area contributed by atoms with Gasteiger partial charge in [0, 0.05) is 16.7 Å². The van der Waals surface area contributed by atoms with Gasteiger partial charge in [-0.15, -0.1) is 0 Å². The lowest BCUT2D eigenvalue weighted by atomic mass is 10.2. The van der Waals surface area contributed by atoms with Gasteiger partial charge < -0.3 is 0 Å². The smallest absolute Gasteiger partial charge is 0.258 e. The van der Waals surface area contributed by atoms with Gasteiger partial charge in [0.1, 0.15) is 0 Å². The van der Waals surface area contributed by atoms with Crippen LogP contribution in [-0.4, -0.2) is 13.3 Å². The molecule has 0 bridgehead atoms. The van der Waals surface area contributed by atoms with Gasteiger partial charge in [0.15, 0.2) is 4.90 Å². The Morgan fingerprint density at radius 1 is 1.43 bits per heavy atom. The molecule has 0 spiro atoms. The lowest BCUT2D eigenvalue weighted by Gasteiger charge is -1.99. The zero-order chi connectivity index (χ0) is 10.9. The van der Waals surface area contributed by atoms with E-state index in [0.29, 0.717) is 5.56 Å². The Hall–Kier alpha value is -1.14. The molecular weight excluding hydrogens is 230 g/mol. The van der Waals surface area contributed by atoms with Gasteiger partial charge in [-0.25, -0.2) is 8.42 Å². The van der Waals surface area contributed by atoms with Crippen LogP contribution in [0.5, 0.6) is 0 Å². The van der Waals surface area contributed by atoms with Crippen molar-refractivity contribution in [2.75, 3.05) is 0 Å². The third-order valence-corrected chi connectivity index (χ3v) is 2.93. The summed E-state index contributed by atoms with van der Waals surface area (Å²) in [6, 6.07) is 3.73. The van der Waals surface area contributed by atoms with E-state index in [1.807, 2.05) is 0 Å². The van der Waals surface area contributed by atoms with Gasteiger partial charge in [-0.1, -0.05) is 6.07 Å². The van der Waals surface area contributed by atoms with Crippen LogP contribution in [0.2, 0.25) is 0 Å². The molecule has 0 unspecified atom stereocenters. The van der Waals surface area contributed by atoms with Gasteiger partial charge >= 0.3 is 0 Å². The summed E-state index contributed by atoms with van der Waals surface area (Å²) in [7, 11) is 0.977. The molecule has 0 saturated carbocycles. The molecule has 0 fully saturated rings. The van der Waals surface area contributed by atoms with Gasteiger partial charge in [-0.2, -0.15) is 0 Å². The predicted octanol–water partition coefficient (Wildman–Crippen LogP) is 1.83. The highest BCUT2D eigenvalue weighted by molar-refractivity contribution is 8.13. The summed E-state index contributed by atoms with van der Waals surface area (Å²) >= 11 is 0. The maximum Gasteiger partial charge on any atom is 0.289 e. The van der Waals surface area contributed by atoms with Crippen molar-refractivity contribution in [1.29, 1.82) is 0 Å². The molecule has 7 heteroatoms. The van der Waals surface area contributed by atoms with Crippen LogP contribution < -0.4 is 0 Å². The third kappa shape index (κ3) is 2.21. The van der Waals surface area contributed by atoms with E-state index < -0.39 is 24.6 Å². The number of rotatable bonds is 2. The molecule has 0 aliphatic rings. The quantitative estimate of drug-likeness (QED) is 0.445. The molecule has 0 amide bonds.